The predicted molar refractivity (Wildman–Crippen MR) is 160 cm³/mol. The highest BCUT2D eigenvalue weighted by Crippen LogP contribution is 2.41. The Bertz CT molecular complexity index is 1180. The normalized spacial score (nSPS) is 18.1. The van der Waals surface area contributed by atoms with Crippen molar-refractivity contribution in [3.05, 3.63) is 35.0 Å². The van der Waals surface area contributed by atoms with Crippen molar-refractivity contribution in [2.75, 3.05) is 19.9 Å². The molecule has 0 bridgehead atoms. The topological polar surface area (TPSA) is 87.4 Å². The maximum atomic E-state index is 13.7. The van der Waals surface area contributed by atoms with Crippen LogP contribution in [0, 0.1) is 17.4 Å². The molecule has 39 heavy (non-hydrogen) atoms. The molecule has 2 aromatic rings. The molecule has 2 amide bonds. The summed E-state index contributed by atoms with van der Waals surface area (Å²) in [6.45, 7) is 15.0. The zero-order valence-corrected chi connectivity index (χ0v) is 26.3. The number of hydrogen-bond acceptors (Lipinski definition) is 4. The monoisotopic (exact) mass is 572 g/mol. The van der Waals surface area contributed by atoms with Gasteiger partial charge in [-0.3, -0.25) is 14.5 Å². The zero-order valence-electron chi connectivity index (χ0n) is 24.6. The third kappa shape index (κ3) is 6.70. The molecule has 0 aliphatic heterocycles. The molecule has 0 spiro atoms. The Labute approximate surface area is 239 Å². The first kappa shape index (κ1) is 31.2. The lowest BCUT2D eigenvalue weighted by Crippen LogP contribution is -2.49. The SMILES string of the molecule is CC(C)[Si](COCCn1c(C(=O)N[C@H]2CCCC[C@H]2C(=O)N(C)C#N)cc2ccc(Cl)cc21)(C(C)C)C(C)C. The van der Waals surface area contributed by atoms with Gasteiger partial charge < -0.3 is 14.6 Å². The zero-order chi connectivity index (χ0) is 28.9. The van der Waals surface area contributed by atoms with Crippen molar-refractivity contribution >= 4 is 42.4 Å². The van der Waals surface area contributed by atoms with Gasteiger partial charge in [0.25, 0.3) is 5.91 Å². The number of carbonyl (C=O) groups excluding carboxylic acids is 2. The Morgan fingerprint density at radius 3 is 2.38 bits per heavy atom. The number of rotatable bonds is 11. The Balaban J connectivity index is 1.83. The molecule has 1 N–H and O–H groups in total. The van der Waals surface area contributed by atoms with Crippen LogP contribution in [0.25, 0.3) is 10.9 Å². The first-order valence-corrected chi connectivity index (χ1v) is 17.1. The van der Waals surface area contributed by atoms with Gasteiger partial charge in [0.05, 0.1) is 26.1 Å². The number of nitrogens with one attached hydrogen (secondary N) is 1. The van der Waals surface area contributed by atoms with Gasteiger partial charge >= 0.3 is 0 Å². The Morgan fingerprint density at radius 2 is 1.77 bits per heavy atom. The quantitative estimate of drug-likeness (QED) is 0.139. The molecule has 1 fully saturated rings. The van der Waals surface area contributed by atoms with Crippen LogP contribution in [0.3, 0.4) is 0 Å². The van der Waals surface area contributed by atoms with Crippen molar-refractivity contribution in [2.24, 2.45) is 5.92 Å². The first-order valence-electron chi connectivity index (χ1n) is 14.3. The van der Waals surface area contributed by atoms with Gasteiger partial charge in [0.2, 0.25) is 5.91 Å². The number of aromatic nitrogens is 1. The van der Waals surface area contributed by atoms with Crippen molar-refractivity contribution in [3.8, 4) is 6.19 Å². The highest BCUT2D eigenvalue weighted by molar-refractivity contribution is 6.83. The van der Waals surface area contributed by atoms with E-state index in [1.165, 1.54) is 7.05 Å². The summed E-state index contributed by atoms with van der Waals surface area (Å²) in [6, 6.07) is 7.22. The van der Waals surface area contributed by atoms with E-state index in [1.807, 2.05) is 35.0 Å². The fraction of sp³-hybridized carbons (Fsp3) is 0.633. The standard InChI is InChI=1S/C30H45ClN4O3Si/c1-20(2)39(21(3)4,22(5)6)19-38-15-14-35-27-17-24(31)13-12-23(27)16-28(35)29(36)33-26-11-9-8-10-25(26)30(37)34(7)18-32/h12-13,16-17,20-22,25-26H,8-11,14-15,19H2,1-7H3,(H,33,36)/t25-,26+/m1/s1. The summed E-state index contributed by atoms with van der Waals surface area (Å²) in [4.78, 5) is 27.6. The number of hydrogen-bond donors (Lipinski definition) is 1. The minimum absolute atomic E-state index is 0.220. The third-order valence-corrected chi connectivity index (χ3v) is 16.4. The van der Waals surface area contributed by atoms with E-state index in [0.29, 0.717) is 53.3 Å². The summed E-state index contributed by atoms with van der Waals surface area (Å²) in [5, 5.41) is 13.9. The van der Waals surface area contributed by atoms with Crippen LogP contribution in [0.15, 0.2) is 24.3 Å². The fourth-order valence-corrected chi connectivity index (χ4v) is 12.4. The lowest BCUT2D eigenvalue weighted by atomic mass is 9.83. The van der Waals surface area contributed by atoms with Gasteiger partial charge in [0.1, 0.15) is 5.69 Å². The van der Waals surface area contributed by atoms with Gasteiger partial charge in [0.15, 0.2) is 6.19 Å². The minimum Gasteiger partial charge on any atom is -0.383 e. The average molecular weight is 573 g/mol. The van der Waals surface area contributed by atoms with Crippen molar-refractivity contribution in [1.82, 2.24) is 14.8 Å². The predicted octanol–water partition coefficient (Wildman–Crippen LogP) is 6.76. The summed E-state index contributed by atoms with van der Waals surface area (Å²) in [7, 11) is -0.220. The summed E-state index contributed by atoms with van der Waals surface area (Å²) >= 11 is 6.35. The molecule has 9 heteroatoms. The highest BCUT2D eigenvalue weighted by Gasteiger charge is 2.43. The first-order chi connectivity index (χ1) is 18.4. The fourth-order valence-electron chi connectivity index (χ4n) is 6.70. The van der Waals surface area contributed by atoms with Crippen LogP contribution in [0.5, 0.6) is 0 Å². The molecule has 3 rings (SSSR count). The Morgan fingerprint density at radius 1 is 1.13 bits per heavy atom. The van der Waals surface area contributed by atoms with Crippen LogP contribution >= 0.6 is 11.6 Å². The number of fused-ring (bicyclic) bond motifs is 1. The summed E-state index contributed by atoms with van der Waals surface area (Å²) in [6.07, 6.45) is 5.91. The maximum Gasteiger partial charge on any atom is 0.268 e. The van der Waals surface area contributed by atoms with Crippen LogP contribution < -0.4 is 5.32 Å². The van der Waals surface area contributed by atoms with Gasteiger partial charge in [-0.15, -0.1) is 0 Å². The minimum atomic E-state index is -1.70. The second-order valence-electron chi connectivity index (χ2n) is 12.0. The second kappa shape index (κ2) is 13.3. The lowest BCUT2D eigenvalue weighted by Gasteiger charge is -2.42. The number of nitriles is 1. The van der Waals surface area contributed by atoms with E-state index in [0.717, 1.165) is 34.9 Å². The molecule has 0 unspecified atom stereocenters. The van der Waals surface area contributed by atoms with Crippen LogP contribution in [0.1, 0.15) is 77.7 Å². The number of ether oxygens (including phenoxy) is 1. The number of amides is 2. The lowest BCUT2D eigenvalue weighted by molar-refractivity contribution is -0.133. The molecule has 2 atom stereocenters. The molecule has 1 aliphatic carbocycles. The largest absolute Gasteiger partial charge is 0.383 e. The van der Waals surface area contributed by atoms with Gasteiger partial charge in [-0.05, 0) is 47.7 Å². The number of nitrogens with zero attached hydrogens (tertiary/aromatic N) is 3. The Hall–Kier alpha value is -2.34. The summed E-state index contributed by atoms with van der Waals surface area (Å²) < 4.78 is 8.39. The molecule has 1 saturated carbocycles. The molecular formula is C30H45ClN4O3Si. The van der Waals surface area contributed by atoms with Crippen LogP contribution in [0.4, 0.5) is 0 Å². The van der Waals surface area contributed by atoms with E-state index in [1.54, 1.807) is 0 Å². The highest BCUT2D eigenvalue weighted by atomic mass is 35.5. The molecule has 1 aromatic heterocycles. The molecule has 1 aromatic carbocycles. The van der Waals surface area contributed by atoms with E-state index >= 15 is 0 Å². The van der Waals surface area contributed by atoms with Crippen LogP contribution in [0.2, 0.25) is 21.6 Å². The second-order valence-corrected chi connectivity index (χ2v) is 18.4. The smallest absolute Gasteiger partial charge is 0.268 e. The molecule has 0 saturated heterocycles. The van der Waals surface area contributed by atoms with E-state index < -0.39 is 14.0 Å². The molecule has 1 heterocycles. The molecule has 0 radical (unpaired) electrons. The number of carbonyl (C=O) groups is 2. The van der Waals surface area contributed by atoms with E-state index in [9.17, 15) is 14.9 Å². The van der Waals surface area contributed by atoms with Gasteiger partial charge in [-0.25, -0.2) is 0 Å². The van der Waals surface area contributed by atoms with Crippen molar-refractivity contribution in [2.45, 2.75) is 96.4 Å². The average Bonchev–Trinajstić information content (AvgIpc) is 3.25. The van der Waals surface area contributed by atoms with Crippen molar-refractivity contribution < 1.29 is 14.3 Å². The molecular weight excluding hydrogens is 528 g/mol. The number of benzene rings is 1. The van der Waals surface area contributed by atoms with E-state index in [2.05, 4.69) is 46.9 Å². The van der Waals surface area contributed by atoms with Crippen LogP contribution in [-0.4, -0.2) is 55.3 Å². The summed E-state index contributed by atoms with van der Waals surface area (Å²) in [5.74, 6) is -0.859. The number of halogens is 1. The van der Waals surface area contributed by atoms with Crippen molar-refractivity contribution in [1.29, 1.82) is 5.26 Å². The van der Waals surface area contributed by atoms with E-state index in [4.69, 9.17) is 16.3 Å². The summed E-state index contributed by atoms with van der Waals surface area (Å²) in [5.41, 5.74) is 3.24. The van der Waals surface area contributed by atoms with Crippen LogP contribution in [-0.2, 0) is 16.1 Å². The maximum absolute atomic E-state index is 13.7. The van der Waals surface area contributed by atoms with E-state index in [-0.39, 0.29) is 17.9 Å². The molecule has 1 aliphatic rings. The van der Waals surface area contributed by atoms with Gasteiger partial charge in [-0.1, -0.05) is 72.1 Å². The van der Waals surface area contributed by atoms with Gasteiger partial charge in [0, 0.05) is 36.3 Å². The Kier molecular flexibility index (Phi) is 10.7. The van der Waals surface area contributed by atoms with Crippen molar-refractivity contribution in [3.63, 3.8) is 0 Å². The molecule has 7 nitrogen and oxygen atoms in total. The molecule has 214 valence electrons. The van der Waals surface area contributed by atoms with Gasteiger partial charge in [-0.2, -0.15) is 5.26 Å². The third-order valence-electron chi connectivity index (χ3n) is 9.02.